The van der Waals surface area contributed by atoms with E-state index >= 15 is 0 Å². The van der Waals surface area contributed by atoms with E-state index in [0.717, 1.165) is 30.8 Å². The van der Waals surface area contributed by atoms with Gasteiger partial charge in [-0.1, -0.05) is 38.1 Å². The number of ketones is 1. The van der Waals surface area contributed by atoms with E-state index < -0.39 is 0 Å². The first-order valence-electron chi connectivity index (χ1n) is 8.67. The Morgan fingerprint density at radius 1 is 1.08 bits per heavy atom. The summed E-state index contributed by atoms with van der Waals surface area (Å²) in [6.07, 6.45) is 1.02. The highest BCUT2D eigenvalue weighted by molar-refractivity contribution is 5.97. The van der Waals surface area contributed by atoms with Crippen molar-refractivity contribution in [2.24, 2.45) is 5.92 Å². The lowest BCUT2D eigenvalue weighted by atomic mass is 9.99. The van der Waals surface area contributed by atoms with E-state index in [0.29, 0.717) is 19.1 Å². The zero-order valence-corrected chi connectivity index (χ0v) is 14.5. The van der Waals surface area contributed by atoms with Gasteiger partial charge < -0.3 is 4.74 Å². The highest BCUT2D eigenvalue weighted by Gasteiger charge is 2.18. The number of benzene rings is 2. The second-order valence-electron chi connectivity index (χ2n) is 6.88. The number of rotatable bonds is 6. The van der Waals surface area contributed by atoms with Crippen molar-refractivity contribution in [3.05, 3.63) is 65.2 Å². The van der Waals surface area contributed by atoms with E-state index in [1.807, 2.05) is 24.3 Å². The fourth-order valence-corrected chi connectivity index (χ4v) is 2.98. The Kier molecular flexibility index (Phi) is 5.31. The Balaban J connectivity index is 1.57. The third-order valence-electron chi connectivity index (χ3n) is 4.34. The molecule has 0 aliphatic carbocycles. The van der Waals surface area contributed by atoms with Gasteiger partial charge in [0.25, 0.3) is 0 Å². The summed E-state index contributed by atoms with van der Waals surface area (Å²) in [4.78, 5) is 14.7. The maximum Gasteiger partial charge on any atom is 0.176 e. The van der Waals surface area contributed by atoms with Gasteiger partial charge in [-0.05, 0) is 47.7 Å². The largest absolute Gasteiger partial charge is 0.493 e. The zero-order valence-electron chi connectivity index (χ0n) is 14.5. The topological polar surface area (TPSA) is 29.5 Å². The fraction of sp³-hybridized carbons (Fsp3) is 0.381. The summed E-state index contributed by atoms with van der Waals surface area (Å²) in [6.45, 7) is 7.21. The second-order valence-corrected chi connectivity index (χ2v) is 6.88. The van der Waals surface area contributed by atoms with Gasteiger partial charge in [0.2, 0.25) is 0 Å². The molecule has 126 valence electrons. The molecule has 2 aromatic carbocycles. The van der Waals surface area contributed by atoms with Crippen molar-refractivity contribution in [1.29, 1.82) is 0 Å². The standard InChI is InChI=1S/C21H25NO2/c1-16(2)15-24-20-9-7-18(8-10-20)21(23)14-22-12-11-17-5-3-4-6-19(17)13-22/h3-10,16H,11-15H2,1-2H3. The van der Waals surface area contributed by atoms with Crippen LogP contribution < -0.4 is 4.74 Å². The number of carbonyl (C=O) groups excluding carboxylic acids is 1. The number of hydrogen-bond donors (Lipinski definition) is 0. The molecule has 2 aromatic rings. The van der Waals surface area contributed by atoms with Gasteiger partial charge in [-0.25, -0.2) is 0 Å². The maximum absolute atomic E-state index is 12.5. The van der Waals surface area contributed by atoms with Gasteiger partial charge in [-0.3, -0.25) is 9.69 Å². The number of fused-ring (bicyclic) bond motifs is 1. The van der Waals surface area contributed by atoms with Crippen molar-refractivity contribution in [1.82, 2.24) is 4.90 Å². The van der Waals surface area contributed by atoms with Crippen LogP contribution in [-0.4, -0.2) is 30.4 Å². The number of hydrogen-bond acceptors (Lipinski definition) is 3. The van der Waals surface area contributed by atoms with Crippen LogP contribution in [0.1, 0.15) is 35.3 Å². The Labute approximate surface area is 144 Å². The smallest absolute Gasteiger partial charge is 0.176 e. The van der Waals surface area contributed by atoms with Crippen LogP contribution in [0.25, 0.3) is 0 Å². The average molecular weight is 323 g/mol. The minimum atomic E-state index is 0.171. The van der Waals surface area contributed by atoms with Crippen LogP contribution in [0.4, 0.5) is 0 Å². The summed E-state index contributed by atoms with van der Waals surface area (Å²) in [6, 6.07) is 16.0. The van der Waals surface area contributed by atoms with Crippen LogP contribution in [-0.2, 0) is 13.0 Å². The van der Waals surface area contributed by atoms with E-state index in [1.165, 1.54) is 11.1 Å². The van der Waals surface area contributed by atoms with Crippen LogP contribution >= 0.6 is 0 Å². The van der Waals surface area contributed by atoms with Gasteiger partial charge >= 0.3 is 0 Å². The molecule has 1 aliphatic rings. The Hall–Kier alpha value is -2.13. The van der Waals surface area contributed by atoms with Crippen LogP contribution in [0.5, 0.6) is 5.75 Å². The Morgan fingerprint density at radius 3 is 2.50 bits per heavy atom. The number of ether oxygens (including phenoxy) is 1. The molecule has 0 fully saturated rings. The summed E-state index contributed by atoms with van der Waals surface area (Å²) in [5, 5.41) is 0. The van der Waals surface area contributed by atoms with Crippen LogP contribution in [0.3, 0.4) is 0 Å². The SMILES string of the molecule is CC(C)COc1ccc(C(=O)CN2CCc3ccccc3C2)cc1. The number of Topliss-reactive ketones (excluding diaryl/α,β-unsaturated/α-hetero) is 1. The van der Waals surface area contributed by atoms with E-state index in [4.69, 9.17) is 4.74 Å². The predicted octanol–water partition coefficient (Wildman–Crippen LogP) is 3.96. The summed E-state index contributed by atoms with van der Waals surface area (Å²) in [7, 11) is 0. The molecule has 1 aliphatic heterocycles. The quantitative estimate of drug-likeness (QED) is 0.754. The molecule has 0 atom stereocenters. The van der Waals surface area contributed by atoms with E-state index in [9.17, 15) is 4.79 Å². The van der Waals surface area contributed by atoms with Crippen molar-refractivity contribution in [3.8, 4) is 5.75 Å². The van der Waals surface area contributed by atoms with Gasteiger partial charge in [0.1, 0.15) is 5.75 Å². The summed E-state index contributed by atoms with van der Waals surface area (Å²) in [5.41, 5.74) is 3.51. The van der Waals surface area contributed by atoms with Crippen LogP contribution in [0.2, 0.25) is 0 Å². The Morgan fingerprint density at radius 2 is 1.79 bits per heavy atom. The molecule has 24 heavy (non-hydrogen) atoms. The summed E-state index contributed by atoms with van der Waals surface area (Å²) >= 11 is 0. The first-order valence-corrected chi connectivity index (χ1v) is 8.67. The third kappa shape index (κ3) is 4.24. The summed E-state index contributed by atoms with van der Waals surface area (Å²) in [5.74, 6) is 1.49. The lowest BCUT2D eigenvalue weighted by molar-refractivity contribution is 0.0921. The highest BCUT2D eigenvalue weighted by Crippen LogP contribution is 2.19. The minimum Gasteiger partial charge on any atom is -0.493 e. The first kappa shape index (κ1) is 16.7. The lowest BCUT2D eigenvalue weighted by Gasteiger charge is -2.28. The van der Waals surface area contributed by atoms with Gasteiger partial charge in [0.05, 0.1) is 13.2 Å². The molecular formula is C21H25NO2. The van der Waals surface area contributed by atoms with Crippen molar-refractivity contribution in [2.45, 2.75) is 26.8 Å². The zero-order chi connectivity index (χ0) is 16.9. The lowest BCUT2D eigenvalue weighted by Crippen LogP contribution is -2.34. The normalized spacial score (nSPS) is 14.5. The molecule has 3 heteroatoms. The van der Waals surface area contributed by atoms with Crippen molar-refractivity contribution < 1.29 is 9.53 Å². The van der Waals surface area contributed by atoms with Gasteiger partial charge in [0, 0.05) is 18.7 Å². The molecule has 0 saturated heterocycles. The molecular weight excluding hydrogens is 298 g/mol. The van der Waals surface area contributed by atoms with E-state index in [-0.39, 0.29) is 5.78 Å². The molecule has 1 heterocycles. The minimum absolute atomic E-state index is 0.171. The molecule has 0 bridgehead atoms. The Bertz CT molecular complexity index is 691. The molecule has 0 radical (unpaired) electrons. The number of nitrogens with zero attached hydrogens (tertiary/aromatic N) is 1. The van der Waals surface area contributed by atoms with Crippen LogP contribution in [0, 0.1) is 5.92 Å². The molecule has 0 spiro atoms. The van der Waals surface area contributed by atoms with Crippen molar-refractivity contribution >= 4 is 5.78 Å². The molecule has 0 saturated carbocycles. The summed E-state index contributed by atoms with van der Waals surface area (Å²) < 4.78 is 5.67. The van der Waals surface area contributed by atoms with E-state index in [2.05, 4.69) is 43.0 Å². The van der Waals surface area contributed by atoms with Gasteiger partial charge in [-0.2, -0.15) is 0 Å². The molecule has 0 aromatic heterocycles. The van der Waals surface area contributed by atoms with Crippen molar-refractivity contribution in [3.63, 3.8) is 0 Å². The highest BCUT2D eigenvalue weighted by atomic mass is 16.5. The van der Waals surface area contributed by atoms with Crippen molar-refractivity contribution in [2.75, 3.05) is 19.7 Å². The predicted molar refractivity (Wildman–Crippen MR) is 96.5 cm³/mol. The monoisotopic (exact) mass is 323 g/mol. The van der Waals surface area contributed by atoms with Gasteiger partial charge in [0.15, 0.2) is 5.78 Å². The first-order chi connectivity index (χ1) is 11.6. The second kappa shape index (κ2) is 7.63. The fourth-order valence-electron chi connectivity index (χ4n) is 2.98. The molecule has 3 rings (SSSR count). The number of carbonyl (C=O) groups is 1. The third-order valence-corrected chi connectivity index (χ3v) is 4.34. The van der Waals surface area contributed by atoms with Gasteiger partial charge in [-0.15, -0.1) is 0 Å². The molecule has 0 N–H and O–H groups in total. The molecule has 0 unspecified atom stereocenters. The molecule has 0 amide bonds. The maximum atomic E-state index is 12.5. The van der Waals surface area contributed by atoms with Crippen LogP contribution in [0.15, 0.2) is 48.5 Å². The van der Waals surface area contributed by atoms with E-state index in [1.54, 1.807) is 0 Å². The molecule has 3 nitrogen and oxygen atoms in total. The average Bonchev–Trinajstić information content (AvgIpc) is 2.60.